The number of aryl methyl sites for hydroxylation is 1. The number of carbonyl (C=O) groups excluding carboxylic acids is 2. The van der Waals surface area contributed by atoms with Crippen LogP contribution in [-0.4, -0.2) is 51.4 Å². The fourth-order valence-corrected chi connectivity index (χ4v) is 6.41. The summed E-state index contributed by atoms with van der Waals surface area (Å²) in [6, 6.07) is 26.7. The van der Waals surface area contributed by atoms with Gasteiger partial charge in [-0.25, -0.2) is 12.8 Å². The number of rotatable bonds is 14. The summed E-state index contributed by atoms with van der Waals surface area (Å²) in [5, 5.41) is 2.97. The van der Waals surface area contributed by atoms with Crippen molar-refractivity contribution in [2.24, 2.45) is 5.92 Å². The van der Waals surface area contributed by atoms with Crippen LogP contribution in [0.4, 0.5) is 10.1 Å². The number of nitrogens with zero attached hydrogens (tertiary/aromatic N) is 2. The molecular formula is C36H40FN3O5S. The molecule has 4 rings (SSSR count). The van der Waals surface area contributed by atoms with E-state index in [1.54, 1.807) is 0 Å². The molecule has 10 heteroatoms. The van der Waals surface area contributed by atoms with Gasteiger partial charge in [-0.1, -0.05) is 74.0 Å². The SMILES string of the molecule is COc1ccc(S(=O)(=O)N(CC(=O)N(Cc2cccc(C)c2)[C@H](Cc2ccccc2)C(=O)NCC(C)C)c2ccc(F)cc2)cc1. The van der Waals surface area contributed by atoms with Crippen molar-refractivity contribution in [3.05, 3.63) is 126 Å². The van der Waals surface area contributed by atoms with Crippen molar-refractivity contribution in [1.82, 2.24) is 10.2 Å². The second-order valence-electron chi connectivity index (χ2n) is 11.5. The zero-order chi connectivity index (χ0) is 33.3. The molecule has 2 amide bonds. The maximum Gasteiger partial charge on any atom is 0.264 e. The van der Waals surface area contributed by atoms with Gasteiger partial charge < -0.3 is 15.0 Å². The standard InChI is InChI=1S/C36H40FN3O5S/c1-26(2)23-38-36(42)34(22-28-10-6-5-7-11-28)39(24-29-12-8-9-27(3)21-29)35(41)25-40(31-15-13-30(37)14-16-31)46(43,44)33-19-17-32(45-4)18-20-33/h5-21,26,34H,22-25H2,1-4H3,(H,38,42)/t34-/m1/s1. The first-order chi connectivity index (χ1) is 22.0. The Morgan fingerprint density at radius 1 is 0.870 bits per heavy atom. The van der Waals surface area contributed by atoms with Crippen molar-refractivity contribution >= 4 is 27.5 Å². The molecule has 8 nitrogen and oxygen atoms in total. The van der Waals surface area contributed by atoms with Gasteiger partial charge in [0.15, 0.2) is 0 Å². The quantitative estimate of drug-likeness (QED) is 0.189. The summed E-state index contributed by atoms with van der Waals surface area (Å²) in [5.41, 5.74) is 2.71. The molecule has 0 radical (unpaired) electrons. The molecule has 0 aliphatic rings. The molecule has 1 atom stereocenters. The smallest absolute Gasteiger partial charge is 0.264 e. The van der Waals surface area contributed by atoms with Crippen LogP contribution in [0, 0.1) is 18.7 Å². The number of methoxy groups -OCH3 is 1. The minimum absolute atomic E-state index is 0.0625. The molecule has 1 N–H and O–H groups in total. The van der Waals surface area contributed by atoms with E-state index >= 15 is 0 Å². The summed E-state index contributed by atoms with van der Waals surface area (Å²) in [7, 11) is -2.85. The van der Waals surface area contributed by atoms with E-state index in [4.69, 9.17) is 4.74 Å². The summed E-state index contributed by atoms with van der Waals surface area (Å²) in [5.74, 6) is -0.856. The molecule has 0 aliphatic carbocycles. The van der Waals surface area contributed by atoms with Gasteiger partial charge >= 0.3 is 0 Å². The third-order valence-electron chi connectivity index (χ3n) is 7.43. The first-order valence-electron chi connectivity index (χ1n) is 15.1. The normalized spacial score (nSPS) is 12.0. The lowest BCUT2D eigenvalue weighted by Gasteiger charge is -2.34. The highest BCUT2D eigenvalue weighted by Crippen LogP contribution is 2.27. The van der Waals surface area contributed by atoms with Gasteiger partial charge in [-0.15, -0.1) is 0 Å². The number of benzene rings is 4. The third-order valence-corrected chi connectivity index (χ3v) is 9.22. The minimum Gasteiger partial charge on any atom is -0.497 e. The van der Waals surface area contributed by atoms with E-state index in [0.717, 1.165) is 33.1 Å². The molecule has 0 unspecified atom stereocenters. The Bertz CT molecular complexity index is 1710. The summed E-state index contributed by atoms with van der Waals surface area (Å²) in [6.07, 6.45) is 0.212. The Morgan fingerprint density at radius 3 is 2.13 bits per heavy atom. The molecule has 0 aliphatic heterocycles. The van der Waals surface area contributed by atoms with Crippen LogP contribution in [0.3, 0.4) is 0 Å². The second kappa shape index (κ2) is 15.5. The van der Waals surface area contributed by atoms with Crippen molar-refractivity contribution in [2.45, 2.75) is 44.7 Å². The van der Waals surface area contributed by atoms with E-state index in [2.05, 4.69) is 5.32 Å². The van der Waals surface area contributed by atoms with Crippen LogP contribution < -0.4 is 14.4 Å². The number of carbonyl (C=O) groups is 2. The number of ether oxygens (including phenoxy) is 1. The van der Waals surface area contributed by atoms with E-state index in [9.17, 15) is 22.4 Å². The topological polar surface area (TPSA) is 96.0 Å². The average Bonchev–Trinajstić information content (AvgIpc) is 3.05. The molecule has 4 aromatic rings. The lowest BCUT2D eigenvalue weighted by molar-refractivity contribution is -0.140. The largest absolute Gasteiger partial charge is 0.497 e. The monoisotopic (exact) mass is 645 g/mol. The van der Waals surface area contributed by atoms with Crippen LogP contribution in [0.25, 0.3) is 0 Å². The van der Waals surface area contributed by atoms with Crippen LogP contribution >= 0.6 is 0 Å². The zero-order valence-corrected chi connectivity index (χ0v) is 27.3. The van der Waals surface area contributed by atoms with Crippen molar-refractivity contribution < 1.29 is 27.1 Å². The van der Waals surface area contributed by atoms with E-state index in [0.29, 0.717) is 12.3 Å². The van der Waals surface area contributed by atoms with Gasteiger partial charge in [0.2, 0.25) is 11.8 Å². The number of hydrogen-bond acceptors (Lipinski definition) is 5. The molecule has 0 spiro atoms. The van der Waals surface area contributed by atoms with Gasteiger partial charge in [0, 0.05) is 19.5 Å². The van der Waals surface area contributed by atoms with Gasteiger partial charge in [0.1, 0.15) is 24.2 Å². The molecule has 46 heavy (non-hydrogen) atoms. The summed E-state index contributed by atoms with van der Waals surface area (Å²) in [6.45, 7) is 5.73. The first-order valence-corrected chi connectivity index (χ1v) is 16.5. The molecule has 0 bridgehead atoms. The third kappa shape index (κ3) is 8.94. The molecule has 0 fully saturated rings. The molecule has 242 valence electrons. The Balaban J connectivity index is 1.79. The molecule has 0 saturated carbocycles. The summed E-state index contributed by atoms with van der Waals surface area (Å²) < 4.78 is 48.3. The maximum atomic E-state index is 14.5. The van der Waals surface area contributed by atoms with Crippen molar-refractivity contribution in [3.8, 4) is 5.75 Å². The van der Waals surface area contributed by atoms with Crippen LogP contribution in [0.2, 0.25) is 0 Å². The maximum absolute atomic E-state index is 14.5. The number of anilines is 1. The summed E-state index contributed by atoms with van der Waals surface area (Å²) in [4.78, 5) is 29.7. The van der Waals surface area contributed by atoms with Gasteiger partial charge in [-0.3, -0.25) is 13.9 Å². The van der Waals surface area contributed by atoms with Gasteiger partial charge in [0.05, 0.1) is 17.7 Å². The fourth-order valence-electron chi connectivity index (χ4n) is 4.99. The lowest BCUT2D eigenvalue weighted by Crippen LogP contribution is -2.53. The molecule has 4 aromatic carbocycles. The molecule has 0 aromatic heterocycles. The van der Waals surface area contributed by atoms with Crippen LogP contribution in [0.1, 0.15) is 30.5 Å². The zero-order valence-electron chi connectivity index (χ0n) is 26.5. The van der Waals surface area contributed by atoms with Crippen LogP contribution in [0.5, 0.6) is 5.75 Å². The Labute approximate surface area is 270 Å². The molecular weight excluding hydrogens is 605 g/mol. The average molecular weight is 646 g/mol. The van der Waals surface area contributed by atoms with Crippen molar-refractivity contribution in [2.75, 3.05) is 24.5 Å². The van der Waals surface area contributed by atoms with Gasteiger partial charge in [-0.05, 0) is 72.5 Å². The van der Waals surface area contributed by atoms with E-state index in [-0.39, 0.29) is 35.4 Å². The fraction of sp³-hybridized carbons (Fsp3) is 0.278. The lowest BCUT2D eigenvalue weighted by atomic mass is 10.0. The minimum atomic E-state index is -4.32. The van der Waals surface area contributed by atoms with Crippen molar-refractivity contribution in [1.29, 1.82) is 0 Å². The second-order valence-corrected chi connectivity index (χ2v) is 13.4. The van der Waals surface area contributed by atoms with Crippen molar-refractivity contribution in [3.63, 3.8) is 0 Å². The number of hydrogen-bond donors (Lipinski definition) is 1. The number of nitrogens with one attached hydrogen (secondary N) is 1. The Kier molecular flexibility index (Phi) is 11.5. The van der Waals surface area contributed by atoms with Gasteiger partial charge in [0.25, 0.3) is 10.0 Å². The van der Waals surface area contributed by atoms with Gasteiger partial charge in [-0.2, -0.15) is 0 Å². The van der Waals surface area contributed by atoms with Crippen LogP contribution in [-0.2, 0) is 32.6 Å². The number of amides is 2. The Hall–Kier alpha value is -4.70. The highest BCUT2D eigenvalue weighted by Gasteiger charge is 2.34. The number of sulfonamides is 1. The van der Waals surface area contributed by atoms with Crippen LogP contribution in [0.15, 0.2) is 108 Å². The molecule has 0 heterocycles. The predicted molar refractivity (Wildman–Crippen MR) is 177 cm³/mol. The predicted octanol–water partition coefficient (Wildman–Crippen LogP) is 5.75. The van der Waals surface area contributed by atoms with E-state index in [1.165, 1.54) is 48.4 Å². The Morgan fingerprint density at radius 2 is 1.52 bits per heavy atom. The summed E-state index contributed by atoms with van der Waals surface area (Å²) >= 11 is 0. The highest BCUT2D eigenvalue weighted by atomic mass is 32.2. The van der Waals surface area contributed by atoms with E-state index in [1.807, 2.05) is 75.4 Å². The first kappa shape index (κ1) is 34.2. The van der Waals surface area contributed by atoms with E-state index < -0.39 is 34.3 Å². The highest BCUT2D eigenvalue weighted by molar-refractivity contribution is 7.92. The number of halogens is 1. The molecule has 0 saturated heterocycles.